The number of nitrogens with zero attached hydrogens (tertiary/aromatic N) is 2. The summed E-state index contributed by atoms with van der Waals surface area (Å²) in [6, 6.07) is 26.5. The lowest BCUT2D eigenvalue weighted by Crippen LogP contribution is -2.12. The van der Waals surface area contributed by atoms with Crippen molar-refractivity contribution in [1.82, 2.24) is 15.2 Å². The Morgan fingerprint density at radius 2 is 1.82 bits per heavy atom. The number of carbonyl (C=O) groups excluding carboxylic acids is 1. The van der Waals surface area contributed by atoms with Crippen LogP contribution >= 0.6 is 23.4 Å². The number of amides is 1. The van der Waals surface area contributed by atoms with Crippen molar-refractivity contribution in [2.24, 2.45) is 0 Å². The van der Waals surface area contributed by atoms with Gasteiger partial charge in [-0.1, -0.05) is 47.6 Å². The highest BCUT2D eigenvalue weighted by atomic mass is 35.5. The van der Waals surface area contributed by atoms with Crippen LogP contribution in [-0.2, 0) is 0 Å². The van der Waals surface area contributed by atoms with E-state index >= 15 is 0 Å². The molecule has 2 N–H and O–H groups in total. The van der Waals surface area contributed by atoms with Gasteiger partial charge in [0.2, 0.25) is 0 Å². The molecule has 3 aromatic carbocycles. The Hall–Kier alpha value is -3.87. The van der Waals surface area contributed by atoms with Crippen LogP contribution in [0.2, 0.25) is 5.02 Å². The summed E-state index contributed by atoms with van der Waals surface area (Å²) in [5.74, 6) is -0.185. The number of benzene rings is 3. The lowest BCUT2D eigenvalue weighted by molar-refractivity contribution is 0.102. The highest BCUT2D eigenvalue weighted by Crippen LogP contribution is 2.33. The van der Waals surface area contributed by atoms with Crippen LogP contribution in [-0.4, -0.2) is 21.1 Å². The highest BCUT2D eigenvalue weighted by Gasteiger charge is 2.13. The quantitative estimate of drug-likeness (QED) is 0.269. The molecule has 0 aliphatic rings. The maximum absolute atomic E-state index is 12.9. The van der Waals surface area contributed by atoms with E-state index in [0.29, 0.717) is 16.3 Å². The second-order valence-electron chi connectivity index (χ2n) is 7.47. The smallest absolute Gasteiger partial charge is 0.256 e. The predicted octanol–water partition coefficient (Wildman–Crippen LogP) is 7.19. The average Bonchev–Trinajstić information content (AvgIpc) is 3.26. The minimum Gasteiger partial charge on any atom is -0.322 e. The Balaban J connectivity index is 1.36. The molecule has 0 aliphatic carbocycles. The monoisotopic (exact) mass is 482 g/mol. The molecule has 5 nitrogen and oxygen atoms in total. The van der Waals surface area contributed by atoms with Crippen molar-refractivity contribution in [3.8, 4) is 0 Å². The summed E-state index contributed by atoms with van der Waals surface area (Å²) in [4.78, 5) is 19.1. The third kappa shape index (κ3) is 5.03. The van der Waals surface area contributed by atoms with Crippen molar-refractivity contribution in [3.63, 3.8) is 0 Å². The Bertz CT molecular complexity index is 1500. The number of pyridine rings is 1. The van der Waals surface area contributed by atoms with Gasteiger partial charge in [-0.15, -0.1) is 0 Å². The third-order valence-electron chi connectivity index (χ3n) is 5.11. The molecule has 0 spiro atoms. The van der Waals surface area contributed by atoms with E-state index < -0.39 is 0 Å². The minimum atomic E-state index is -0.185. The summed E-state index contributed by atoms with van der Waals surface area (Å²) < 4.78 is 0. The summed E-state index contributed by atoms with van der Waals surface area (Å²) in [5, 5.41) is 12.0. The Labute approximate surface area is 205 Å². The number of H-pyrrole nitrogens is 1. The fourth-order valence-corrected chi connectivity index (χ4v) is 4.66. The molecule has 7 heteroatoms. The van der Waals surface area contributed by atoms with E-state index in [9.17, 15) is 4.79 Å². The molecule has 0 bridgehead atoms. The maximum atomic E-state index is 12.9. The number of rotatable bonds is 6. The molecule has 166 valence electrons. The maximum Gasteiger partial charge on any atom is 0.256 e. The first kappa shape index (κ1) is 21.9. The summed E-state index contributed by atoms with van der Waals surface area (Å²) in [6.07, 6.45) is 5.65. The SMILES string of the molecule is O=C(Nc1cccc(Cl)c1)c1ccccc1Sc1ccc2c(C=Cc3ccccn3)n[nH]c2c1. The van der Waals surface area contributed by atoms with Crippen LogP contribution in [0.4, 0.5) is 5.69 Å². The number of fused-ring (bicyclic) bond motifs is 1. The number of hydrogen-bond donors (Lipinski definition) is 2. The first-order valence-corrected chi connectivity index (χ1v) is 11.8. The van der Waals surface area contributed by atoms with Crippen LogP contribution in [0.25, 0.3) is 23.1 Å². The van der Waals surface area contributed by atoms with Crippen molar-refractivity contribution in [3.05, 3.63) is 113 Å². The highest BCUT2D eigenvalue weighted by molar-refractivity contribution is 7.99. The van der Waals surface area contributed by atoms with Crippen LogP contribution < -0.4 is 5.32 Å². The molecule has 2 aromatic heterocycles. The Morgan fingerprint density at radius 3 is 2.68 bits per heavy atom. The summed E-state index contributed by atoms with van der Waals surface area (Å²) >= 11 is 7.57. The summed E-state index contributed by atoms with van der Waals surface area (Å²) in [5.41, 5.74) is 3.89. The Kier molecular flexibility index (Phi) is 6.42. The van der Waals surface area contributed by atoms with Gasteiger partial charge in [-0.05, 0) is 72.8 Å². The minimum absolute atomic E-state index is 0.185. The first-order chi connectivity index (χ1) is 16.7. The van der Waals surface area contributed by atoms with Gasteiger partial charge in [0, 0.05) is 32.1 Å². The normalized spacial score (nSPS) is 11.2. The van der Waals surface area contributed by atoms with Crippen LogP contribution in [0.5, 0.6) is 0 Å². The average molecular weight is 483 g/mol. The van der Waals surface area contributed by atoms with Crippen molar-refractivity contribution < 1.29 is 4.79 Å². The van der Waals surface area contributed by atoms with Gasteiger partial charge in [0.05, 0.1) is 22.5 Å². The zero-order valence-electron chi connectivity index (χ0n) is 17.9. The van der Waals surface area contributed by atoms with Gasteiger partial charge < -0.3 is 5.32 Å². The van der Waals surface area contributed by atoms with Crippen molar-refractivity contribution in [2.45, 2.75) is 9.79 Å². The second kappa shape index (κ2) is 9.95. The van der Waals surface area contributed by atoms with E-state index in [-0.39, 0.29) is 5.91 Å². The van der Waals surface area contributed by atoms with Crippen molar-refractivity contribution in [1.29, 1.82) is 0 Å². The lowest BCUT2D eigenvalue weighted by Gasteiger charge is -2.10. The third-order valence-corrected chi connectivity index (χ3v) is 6.41. The molecule has 0 fully saturated rings. The van der Waals surface area contributed by atoms with Crippen LogP contribution in [0.15, 0.2) is 101 Å². The van der Waals surface area contributed by atoms with E-state index in [1.54, 1.807) is 24.4 Å². The first-order valence-electron chi connectivity index (χ1n) is 10.6. The molecule has 5 rings (SSSR count). The van der Waals surface area contributed by atoms with Gasteiger partial charge >= 0.3 is 0 Å². The van der Waals surface area contributed by atoms with E-state index in [1.165, 1.54) is 11.8 Å². The van der Waals surface area contributed by atoms with Gasteiger partial charge in [-0.25, -0.2) is 0 Å². The van der Waals surface area contributed by atoms with Crippen LogP contribution in [0.1, 0.15) is 21.7 Å². The van der Waals surface area contributed by atoms with E-state index in [4.69, 9.17) is 11.6 Å². The fourth-order valence-electron chi connectivity index (χ4n) is 3.48. The number of carbonyl (C=O) groups is 1. The number of aromatic amines is 1. The van der Waals surface area contributed by atoms with E-state index in [1.807, 2.05) is 78.9 Å². The number of anilines is 1. The molecule has 0 radical (unpaired) electrons. The van der Waals surface area contributed by atoms with Gasteiger partial charge in [0.25, 0.3) is 5.91 Å². The summed E-state index contributed by atoms with van der Waals surface area (Å²) in [7, 11) is 0. The van der Waals surface area contributed by atoms with Crippen LogP contribution in [0.3, 0.4) is 0 Å². The Morgan fingerprint density at radius 1 is 0.941 bits per heavy atom. The largest absolute Gasteiger partial charge is 0.322 e. The van der Waals surface area contributed by atoms with Gasteiger partial charge in [0.1, 0.15) is 0 Å². The van der Waals surface area contributed by atoms with Gasteiger partial charge in [-0.2, -0.15) is 5.10 Å². The second-order valence-corrected chi connectivity index (χ2v) is 9.02. The summed E-state index contributed by atoms with van der Waals surface area (Å²) in [6.45, 7) is 0. The molecule has 34 heavy (non-hydrogen) atoms. The number of hydrogen-bond acceptors (Lipinski definition) is 4. The van der Waals surface area contributed by atoms with Gasteiger partial charge in [0.15, 0.2) is 0 Å². The molecule has 0 unspecified atom stereocenters. The van der Waals surface area contributed by atoms with Gasteiger partial charge in [-0.3, -0.25) is 14.9 Å². The van der Waals surface area contributed by atoms with Crippen molar-refractivity contribution in [2.75, 3.05) is 5.32 Å². The van der Waals surface area contributed by atoms with Crippen molar-refractivity contribution >= 4 is 58.0 Å². The van der Waals surface area contributed by atoms with E-state index in [0.717, 1.165) is 32.1 Å². The molecule has 5 aromatic rings. The molecular formula is C27H19ClN4OS. The molecule has 0 atom stereocenters. The number of aromatic nitrogens is 3. The predicted molar refractivity (Wildman–Crippen MR) is 139 cm³/mol. The van der Waals surface area contributed by atoms with Crippen LogP contribution in [0, 0.1) is 0 Å². The topological polar surface area (TPSA) is 70.7 Å². The number of nitrogens with one attached hydrogen (secondary N) is 2. The zero-order valence-corrected chi connectivity index (χ0v) is 19.5. The molecule has 0 aliphatic heterocycles. The van der Waals surface area contributed by atoms with E-state index in [2.05, 4.69) is 20.5 Å². The molecule has 0 saturated heterocycles. The molecule has 2 heterocycles. The number of halogens is 1. The standard InChI is InChI=1S/C27H19ClN4OS/c28-18-6-5-8-20(16-18)30-27(33)23-9-1-2-10-26(23)34-21-12-13-22-24(31-32-25(22)17-21)14-11-19-7-3-4-15-29-19/h1-17H,(H,30,33)(H,31,32). The molecule has 1 amide bonds. The zero-order chi connectivity index (χ0) is 23.3. The fraction of sp³-hybridized carbons (Fsp3) is 0. The molecule has 0 saturated carbocycles. The lowest BCUT2D eigenvalue weighted by atomic mass is 10.2. The molecular weight excluding hydrogens is 464 g/mol.